The summed E-state index contributed by atoms with van der Waals surface area (Å²) in [7, 11) is 0. The number of benzene rings is 2. The molecule has 0 spiro atoms. The number of aryl methyl sites for hydroxylation is 1. The lowest BCUT2D eigenvalue weighted by molar-refractivity contribution is -0.120. The minimum Gasteiger partial charge on any atom is -0.350 e. The maximum Gasteiger partial charge on any atom is 0.319 e. The average Bonchev–Trinajstić information content (AvgIpc) is 2.83. The monoisotopic (exact) mass is 475 g/mol. The van der Waals surface area contributed by atoms with Gasteiger partial charge in [-0.15, -0.1) is 0 Å². The van der Waals surface area contributed by atoms with Gasteiger partial charge in [0, 0.05) is 37.8 Å². The van der Waals surface area contributed by atoms with Crippen LogP contribution in [0, 0.1) is 18.3 Å². The predicted molar refractivity (Wildman–Crippen MR) is 135 cm³/mol. The first kappa shape index (κ1) is 25.8. The van der Waals surface area contributed by atoms with Gasteiger partial charge in [-0.1, -0.05) is 18.2 Å². The van der Waals surface area contributed by atoms with Gasteiger partial charge in [0.05, 0.1) is 17.2 Å². The van der Waals surface area contributed by atoms with Crippen LogP contribution in [0.15, 0.2) is 42.5 Å². The Morgan fingerprint density at radius 3 is 2.34 bits per heavy atom. The molecule has 4 amide bonds. The SMILES string of the molecule is CC(=O)NC(C)(C)CNC(=O)Nc1cc(C(=O)N2CCC(c3ccc(C#N)cc3)CC2)ccc1C. The fraction of sp³-hybridized carbons (Fsp3) is 0.407. The molecule has 1 heterocycles. The molecular weight excluding hydrogens is 442 g/mol. The Kier molecular flexibility index (Phi) is 8.13. The van der Waals surface area contributed by atoms with Crippen LogP contribution in [0.5, 0.6) is 0 Å². The van der Waals surface area contributed by atoms with E-state index in [1.165, 1.54) is 12.5 Å². The highest BCUT2D eigenvalue weighted by molar-refractivity contribution is 5.97. The van der Waals surface area contributed by atoms with Crippen LogP contribution in [-0.2, 0) is 4.79 Å². The van der Waals surface area contributed by atoms with Gasteiger partial charge in [-0.05, 0) is 74.9 Å². The van der Waals surface area contributed by atoms with Gasteiger partial charge >= 0.3 is 6.03 Å². The summed E-state index contributed by atoms with van der Waals surface area (Å²) < 4.78 is 0. The van der Waals surface area contributed by atoms with Crippen molar-refractivity contribution in [1.82, 2.24) is 15.5 Å². The number of urea groups is 1. The van der Waals surface area contributed by atoms with Gasteiger partial charge in [0.15, 0.2) is 0 Å². The van der Waals surface area contributed by atoms with Crippen molar-refractivity contribution in [3.63, 3.8) is 0 Å². The molecule has 0 radical (unpaired) electrons. The first-order valence-corrected chi connectivity index (χ1v) is 11.8. The highest BCUT2D eigenvalue weighted by Crippen LogP contribution is 2.29. The molecule has 0 atom stereocenters. The van der Waals surface area contributed by atoms with Gasteiger partial charge < -0.3 is 20.9 Å². The van der Waals surface area contributed by atoms with Gasteiger partial charge in [-0.3, -0.25) is 9.59 Å². The predicted octanol–water partition coefficient (Wildman–Crippen LogP) is 3.92. The molecule has 0 aliphatic carbocycles. The molecule has 0 bridgehead atoms. The molecule has 184 valence electrons. The maximum atomic E-state index is 13.2. The van der Waals surface area contributed by atoms with Crippen molar-refractivity contribution in [3.05, 3.63) is 64.7 Å². The number of carbonyl (C=O) groups is 3. The third kappa shape index (κ3) is 7.06. The fourth-order valence-electron chi connectivity index (χ4n) is 4.31. The summed E-state index contributed by atoms with van der Waals surface area (Å²) in [6.45, 7) is 8.51. The molecular formula is C27H33N5O3. The van der Waals surface area contributed by atoms with E-state index in [-0.39, 0.29) is 18.4 Å². The van der Waals surface area contributed by atoms with Crippen LogP contribution in [0.4, 0.5) is 10.5 Å². The zero-order valence-corrected chi connectivity index (χ0v) is 20.8. The lowest BCUT2D eigenvalue weighted by Crippen LogP contribution is -2.51. The first-order valence-electron chi connectivity index (χ1n) is 11.8. The summed E-state index contributed by atoms with van der Waals surface area (Å²) in [5.41, 5.74) is 3.21. The van der Waals surface area contributed by atoms with Crippen LogP contribution in [0.1, 0.15) is 66.6 Å². The fourth-order valence-corrected chi connectivity index (χ4v) is 4.31. The Labute approximate surface area is 206 Å². The molecule has 35 heavy (non-hydrogen) atoms. The van der Waals surface area contributed by atoms with Crippen molar-refractivity contribution in [2.45, 2.75) is 52.0 Å². The molecule has 0 unspecified atom stereocenters. The second-order valence-electron chi connectivity index (χ2n) is 9.70. The van der Waals surface area contributed by atoms with E-state index in [0.29, 0.717) is 35.8 Å². The Balaban J connectivity index is 1.58. The van der Waals surface area contributed by atoms with Gasteiger partial charge in [0.2, 0.25) is 5.91 Å². The zero-order chi connectivity index (χ0) is 25.6. The third-order valence-corrected chi connectivity index (χ3v) is 6.23. The first-order chi connectivity index (χ1) is 16.6. The van der Waals surface area contributed by atoms with Crippen LogP contribution in [0.25, 0.3) is 0 Å². The summed E-state index contributed by atoms with van der Waals surface area (Å²) in [4.78, 5) is 38.8. The minimum absolute atomic E-state index is 0.0569. The second-order valence-corrected chi connectivity index (χ2v) is 9.70. The second kappa shape index (κ2) is 11.0. The minimum atomic E-state index is -0.583. The van der Waals surface area contributed by atoms with E-state index in [4.69, 9.17) is 5.26 Å². The van der Waals surface area contributed by atoms with Gasteiger partial charge in [-0.25, -0.2) is 4.79 Å². The highest BCUT2D eigenvalue weighted by atomic mass is 16.2. The Bertz CT molecular complexity index is 1130. The van der Waals surface area contributed by atoms with Crippen LogP contribution < -0.4 is 16.0 Å². The van der Waals surface area contributed by atoms with Crippen molar-refractivity contribution in [2.24, 2.45) is 0 Å². The maximum absolute atomic E-state index is 13.2. The lowest BCUT2D eigenvalue weighted by atomic mass is 9.89. The van der Waals surface area contributed by atoms with Crippen molar-refractivity contribution in [2.75, 3.05) is 25.0 Å². The molecule has 2 aromatic carbocycles. The number of nitriles is 1. The van der Waals surface area contributed by atoms with Crippen molar-refractivity contribution in [3.8, 4) is 6.07 Å². The number of hydrogen-bond donors (Lipinski definition) is 3. The molecule has 8 nitrogen and oxygen atoms in total. The molecule has 1 aliphatic heterocycles. The largest absolute Gasteiger partial charge is 0.350 e. The number of nitrogens with zero attached hydrogens (tertiary/aromatic N) is 2. The van der Waals surface area contributed by atoms with E-state index in [1.54, 1.807) is 12.1 Å². The summed E-state index contributed by atoms with van der Waals surface area (Å²) in [5, 5.41) is 17.3. The molecule has 0 saturated carbocycles. The van der Waals surface area contributed by atoms with Crippen molar-refractivity contribution in [1.29, 1.82) is 5.26 Å². The van der Waals surface area contributed by atoms with E-state index in [0.717, 1.165) is 18.4 Å². The van der Waals surface area contributed by atoms with Gasteiger partial charge in [0.1, 0.15) is 0 Å². The Hall–Kier alpha value is -3.86. The van der Waals surface area contributed by atoms with E-state index < -0.39 is 11.6 Å². The summed E-state index contributed by atoms with van der Waals surface area (Å²) in [5.74, 6) is 0.145. The molecule has 3 N–H and O–H groups in total. The normalized spacial score (nSPS) is 14.1. The summed E-state index contributed by atoms with van der Waals surface area (Å²) >= 11 is 0. The van der Waals surface area contributed by atoms with E-state index in [9.17, 15) is 14.4 Å². The standard InChI is InChI=1S/C27H33N5O3/c1-18-5-8-23(15-24(18)30-26(35)29-17-27(3,4)31-19(2)33)25(34)32-13-11-22(12-14-32)21-9-6-20(16-28)7-10-21/h5-10,15,22H,11-14,17H2,1-4H3,(H,31,33)(H2,29,30,35). The number of nitrogens with one attached hydrogen (secondary N) is 3. The lowest BCUT2D eigenvalue weighted by Gasteiger charge is -2.32. The number of amides is 4. The van der Waals surface area contributed by atoms with E-state index >= 15 is 0 Å². The Morgan fingerprint density at radius 1 is 1.09 bits per heavy atom. The van der Waals surface area contributed by atoms with Crippen molar-refractivity contribution >= 4 is 23.5 Å². The van der Waals surface area contributed by atoms with Gasteiger partial charge in [0.25, 0.3) is 5.91 Å². The average molecular weight is 476 g/mol. The molecule has 2 aromatic rings. The molecule has 1 fully saturated rings. The summed E-state index contributed by atoms with van der Waals surface area (Å²) in [6, 6.07) is 14.7. The molecule has 0 aromatic heterocycles. The topological polar surface area (TPSA) is 114 Å². The molecule has 1 saturated heterocycles. The molecule has 1 aliphatic rings. The number of carbonyl (C=O) groups excluding carboxylic acids is 3. The quantitative estimate of drug-likeness (QED) is 0.587. The number of piperidine rings is 1. The van der Waals surface area contributed by atoms with Gasteiger partial charge in [-0.2, -0.15) is 5.26 Å². The van der Waals surface area contributed by atoms with Crippen LogP contribution >= 0.6 is 0 Å². The van der Waals surface area contributed by atoms with Crippen LogP contribution in [0.3, 0.4) is 0 Å². The number of rotatable bonds is 6. The number of likely N-dealkylation sites (tertiary alicyclic amines) is 1. The van der Waals surface area contributed by atoms with E-state index in [1.807, 2.05) is 56.0 Å². The number of anilines is 1. The van der Waals surface area contributed by atoms with Crippen LogP contribution in [0.2, 0.25) is 0 Å². The van der Waals surface area contributed by atoms with E-state index in [2.05, 4.69) is 22.0 Å². The third-order valence-electron chi connectivity index (χ3n) is 6.23. The smallest absolute Gasteiger partial charge is 0.319 e. The van der Waals surface area contributed by atoms with Crippen molar-refractivity contribution < 1.29 is 14.4 Å². The zero-order valence-electron chi connectivity index (χ0n) is 20.8. The Morgan fingerprint density at radius 2 is 1.74 bits per heavy atom. The van der Waals surface area contributed by atoms with Crippen LogP contribution in [-0.4, -0.2) is 47.9 Å². The molecule has 3 rings (SSSR count). The summed E-state index contributed by atoms with van der Waals surface area (Å²) in [6.07, 6.45) is 1.72. The highest BCUT2D eigenvalue weighted by Gasteiger charge is 2.25. The molecule has 8 heteroatoms. The number of hydrogen-bond acceptors (Lipinski definition) is 4.